The van der Waals surface area contributed by atoms with Gasteiger partial charge in [-0.1, -0.05) is 0 Å². The summed E-state index contributed by atoms with van der Waals surface area (Å²) in [6, 6.07) is 2.26. The molecule has 0 aromatic heterocycles. The maximum absolute atomic E-state index is 12.2. The van der Waals surface area contributed by atoms with Gasteiger partial charge in [-0.2, -0.15) is 5.26 Å². The summed E-state index contributed by atoms with van der Waals surface area (Å²) in [5, 5.41) is 9.11. The fourth-order valence-electron chi connectivity index (χ4n) is 2.61. The normalized spacial score (nSPS) is 26.7. The topological polar surface area (TPSA) is 44.1 Å². The molecule has 1 saturated carbocycles. The van der Waals surface area contributed by atoms with Crippen LogP contribution in [0.4, 0.5) is 0 Å². The average molecular weight is 206 g/mol. The zero-order chi connectivity index (χ0) is 10.9. The molecule has 1 saturated heterocycles. The van der Waals surface area contributed by atoms with Gasteiger partial charge in [0.15, 0.2) is 5.78 Å². The van der Waals surface area contributed by atoms with Crippen molar-refractivity contribution >= 4 is 5.78 Å². The van der Waals surface area contributed by atoms with Crippen LogP contribution in [0.15, 0.2) is 0 Å². The lowest BCUT2D eigenvalue weighted by molar-refractivity contribution is -0.135. The number of hydrogen-bond acceptors (Lipinski definition) is 3. The third kappa shape index (κ3) is 1.79. The van der Waals surface area contributed by atoms with Crippen LogP contribution in [-0.4, -0.2) is 30.8 Å². The van der Waals surface area contributed by atoms with Crippen molar-refractivity contribution in [3.8, 4) is 6.07 Å². The summed E-state index contributed by atoms with van der Waals surface area (Å²) in [4.78, 5) is 14.5. The smallest absolute Gasteiger partial charge is 0.156 e. The molecule has 82 valence electrons. The highest BCUT2D eigenvalue weighted by molar-refractivity contribution is 5.90. The van der Waals surface area contributed by atoms with Crippen molar-refractivity contribution < 1.29 is 4.79 Å². The van der Waals surface area contributed by atoms with Gasteiger partial charge in [-0.05, 0) is 52.2 Å². The van der Waals surface area contributed by atoms with E-state index in [0.29, 0.717) is 0 Å². The molecular weight excluding hydrogens is 188 g/mol. The molecule has 0 bridgehead atoms. The van der Waals surface area contributed by atoms with Crippen LogP contribution in [0.5, 0.6) is 0 Å². The third-order valence-corrected chi connectivity index (χ3v) is 3.98. The van der Waals surface area contributed by atoms with Crippen molar-refractivity contribution in [1.29, 1.82) is 5.26 Å². The van der Waals surface area contributed by atoms with E-state index in [9.17, 15) is 4.79 Å². The molecule has 3 nitrogen and oxygen atoms in total. The van der Waals surface area contributed by atoms with Crippen molar-refractivity contribution in [2.75, 3.05) is 20.1 Å². The minimum atomic E-state index is -0.583. The van der Waals surface area contributed by atoms with E-state index in [0.717, 1.165) is 45.2 Å². The summed E-state index contributed by atoms with van der Waals surface area (Å²) in [6.45, 7) is 2.00. The van der Waals surface area contributed by atoms with E-state index in [1.54, 1.807) is 0 Å². The lowest BCUT2D eigenvalue weighted by Gasteiger charge is -2.38. The Labute approximate surface area is 91.1 Å². The highest BCUT2D eigenvalue weighted by Gasteiger charge is 2.47. The molecular formula is C12H18N2O. The van der Waals surface area contributed by atoms with Crippen LogP contribution in [-0.2, 0) is 4.79 Å². The van der Waals surface area contributed by atoms with Crippen LogP contribution in [0.2, 0.25) is 0 Å². The summed E-state index contributed by atoms with van der Waals surface area (Å²) in [7, 11) is 2.09. The highest BCUT2D eigenvalue weighted by atomic mass is 16.1. The first kappa shape index (κ1) is 10.6. The second-order valence-electron chi connectivity index (χ2n) is 4.99. The maximum atomic E-state index is 12.2. The van der Waals surface area contributed by atoms with Crippen LogP contribution in [0.3, 0.4) is 0 Å². The van der Waals surface area contributed by atoms with Crippen molar-refractivity contribution in [2.45, 2.75) is 32.1 Å². The minimum Gasteiger partial charge on any atom is -0.306 e. The highest BCUT2D eigenvalue weighted by Crippen LogP contribution is 2.44. The number of piperidine rings is 1. The number of likely N-dealkylation sites (tertiary alicyclic amines) is 1. The summed E-state index contributed by atoms with van der Waals surface area (Å²) in [5.41, 5.74) is -0.583. The average Bonchev–Trinajstić information content (AvgIpc) is 2.18. The Morgan fingerprint density at radius 1 is 1.40 bits per heavy atom. The van der Waals surface area contributed by atoms with Crippen LogP contribution in [0.25, 0.3) is 0 Å². The number of carbonyl (C=O) groups excluding carboxylic acids is 1. The zero-order valence-corrected chi connectivity index (χ0v) is 9.33. The van der Waals surface area contributed by atoms with E-state index in [1.165, 1.54) is 0 Å². The molecule has 1 aliphatic carbocycles. The molecule has 2 rings (SSSR count). The van der Waals surface area contributed by atoms with E-state index >= 15 is 0 Å². The van der Waals surface area contributed by atoms with Gasteiger partial charge >= 0.3 is 0 Å². The third-order valence-electron chi connectivity index (χ3n) is 3.98. The predicted octanol–water partition coefficient (Wildman–Crippen LogP) is 1.59. The van der Waals surface area contributed by atoms with E-state index in [1.807, 2.05) is 0 Å². The number of hydrogen-bond donors (Lipinski definition) is 0. The van der Waals surface area contributed by atoms with E-state index < -0.39 is 5.41 Å². The number of rotatable bonds is 2. The SMILES string of the molecule is CN1CCC(C(=O)C2(C#N)CCC2)CC1. The van der Waals surface area contributed by atoms with E-state index in [2.05, 4.69) is 18.0 Å². The second-order valence-corrected chi connectivity index (χ2v) is 4.99. The lowest BCUT2D eigenvalue weighted by atomic mass is 9.63. The van der Waals surface area contributed by atoms with Gasteiger partial charge in [0.2, 0.25) is 0 Å². The van der Waals surface area contributed by atoms with Gasteiger partial charge in [0.05, 0.1) is 6.07 Å². The first-order valence-electron chi connectivity index (χ1n) is 5.82. The molecule has 0 aromatic carbocycles. The molecule has 0 atom stereocenters. The predicted molar refractivity (Wildman–Crippen MR) is 57.1 cm³/mol. The molecule has 1 aliphatic heterocycles. The lowest BCUT2D eigenvalue weighted by Crippen LogP contribution is -2.44. The van der Waals surface area contributed by atoms with Gasteiger partial charge in [-0.15, -0.1) is 0 Å². The van der Waals surface area contributed by atoms with Crippen LogP contribution in [0, 0.1) is 22.7 Å². The van der Waals surface area contributed by atoms with Gasteiger partial charge < -0.3 is 4.90 Å². The Balaban J connectivity index is 1.99. The molecule has 15 heavy (non-hydrogen) atoms. The Morgan fingerprint density at radius 3 is 2.40 bits per heavy atom. The first-order valence-corrected chi connectivity index (χ1v) is 5.82. The van der Waals surface area contributed by atoms with Crippen LogP contribution in [0.1, 0.15) is 32.1 Å². The molecule has 0 spiro atoms. The first-order chi connectivity index (χ1) is 7.18. The van der Waals surface area contributed by atoms with Crippen LogP contribution >= 0.6 is 0 Å². The van der Waals surface area contributed by atoms with Gasteiger partial charge in [-0.25, -0.2) is 0 Å². The van der Waals surface area contributed by atoms with E-state index in [4.69, 9.17) is 5.26 Å². The zero-order valence-electron chi connectivity index (χ0n) is 9.33. The summed E-state index contributed by atoms with van der Waals surface area (Å²) < 4.78 is 0. The summed E-state index contributed by atoms with van der Waals surface area (Å²) in [6.07, 6.45) is 4.53. The Kier molecular flexibility index (Phi) is 2.79. The largest absolute Gasteiger partial charge is 0.306 e. The second kappa shape index (κ2) is 3.94. The number of nitrogens with zero attached hydrogens (tertiary/aromatic N) is 2. The van der Waals surface area contributed by atoms with Gasteiger partial charge in [0.25, 0.3) is 0 Å². The van der Waals surface area contributed by atoms with E-state index in [-0.39, 0.29) is 11.7 Å². The molecule has 0 unspecified atom stereocenters. The number of Topliss-reactive ketones (excluding diaryl/α,β-unsaturated/α-hetero) is 1. The molecule has 3 heteroatoms. The van der Waals surface area contributed by atoms with Gasteiger partial charge in [0, 0.05) is 5.92 Å². The van der Waals surface area contributed by atoms with Crippen molar-refractivity contribution in [3.63, 3.8) is 0 Å². The molecule has 0 aromatic rings. The molecule has 1 heterocycles. The summed E-state index contributed by atoms with van der Waals surface area (Å²) in [5.74, 6) is 0.394. The van der Waals surface area contributed by atoms with Crippen molar-refractivity contribution in [1.82, 2.24) is 4.90 Å². The standard InChI is InChI=1S/C12H18N2O/c1-14-7-3-10(4-8-14)11(15)12(9-13)5-2-6-12/h10H,2-8H2,1H3. The Hall–Kier alpha value is -0.880. The van der Waals surface area contributed by atoms with Crippen molar-refractivity contribution in [2.24, 2.45) is 11.3 Å². The molecule has 2 fully saturated rings. The summed E-state index contributed by atoms with van der Waals surface area (Å²) >= 11 is 0. The van der Waals surface area contributed by atoms with Crippen molar-refractivity contribution in [3.05, 3.63) is 0 Å². The minimum absolute atomic E-state index is 0.154. The molecule has 0 N–H and O–H groups in total. The van der Waals surface area contributed by atoms with Gasteiger partial charge in [0.1, 0.15) is 5.41 Å². The molecule has 0 radical (unpaired) electrons. The Bertz CT molecular complexity index is 293. The molecule has 0 amide bonds. The van der Waals surface area contributed by atoms with Gasteiger partial charge in [-0.3, -0.25) is 4.79 Å². The number of ketones is 1. The fourth-order valence-corrected chi connectivity index (χ4v) is 2.61. The number of carbonyl (C=O) groups is 1. The number of nitriles is 1. The quantitative estimate of drug-likeness (QED) is 0.689. The Morgan fingerprint density at radius 2 is 2.00 bits per heavy atom. The molecule has 2 aliphatic rings. The monoisotopic (exact) mass is 206 g/mol. The van der Waals surface area contributed by atoms with Crippen LogP contribution < -0.4 is 0 Å². The fraction of sp³-hybridized carbons (Fsp3) is 0.833. The maximum Gasteiger partial charge on any atom is 0.156 e.